The molecular weight excluding hydrogens is 504 g/mol. The normalized spacial score (nSPS) is 14.8. The van der Waals surface area contributed by atoms with Gasteiger partial charge in [0.25, 0.3) is 0 Å². The predicted molar refractivity (Wildman–Crippen MR) is 145 cm³/mol. The van der Waals surface area contributed by atoms with Crippen molar-refractivity contribution in [3.63, 3.8) is 0 Å². The monoisotopic (exact) mass is 534 g/mol. The first-order chi connectivity index (χ1) is 18.5. The van der Waals surface area contributed by atoms with Crippen LogP contribution in [0.1, 0.15) is 17.5 Å². The van der Waals surface area contributed by atoms with E-state index in [0.717, 1.165) is 27.8 Å². The van der Waals surface area contributed by atoms with Crippen LogP contribution in [0.5, 0.6) is 11.5 Å². The maximum Gasteiger partial charge on any atom is 0.338 e. The van der Waals surface area contributed by atoms with E-state index in [1.54, 1.807) is 7.11 Å². The summed E-state index contributed by atoms with van der Waals surface area (Å²) in [5.41, 5.74) is 2.58. The minimum atomic E-state index is -3.86. The molecule has 0 saturated carbocycles. The first-order valence-corrected chi connectivity index (χ1v) is 13.8. The van der Waals surface area contributed by atoms with Gasteiger partial charge in [0.2, 0.25) is 0 Å². The van der Waals surface area contributed by atoms with Gasteiger partial charge >= 0.3 is 10.3 Å². The van der Waals surface area contributed by atoms with Crippen molar-refractivity contribution in [1.29, 1.82) is 0 Å². The van der Waals surface area contributed by atoms with Gasteiger partial charge in [0.05, 0.1) is 19.2 Å². The molecule has 198 valence electrons. The molecule has 9 nitrogen and oxygen atoms in total. The van der Waals surface area contributed by atoms with E-state index in [4.69, 9.17) is 13.7 Å². The third kappa shape index (κ3) is 6.04. The lowest BCUT2D eigenvalue weighted by Gasteiger charge is -2.23. The maximum absolute atomic E-state index is 12.9. The van der Waals surface area contributed by atoms with Crippen LogP contribution in [-0.2, 0) is 27.7 Å². The van der Waals surface area contributed by atoms with Crippen LogP contribution in [0.3, 0.4) is 0 Å². The molecule has 0 unspecified atom stereocenters. The summed E-state index contributed by atoms with van der Waals surface area (Å²) in [6, 6.07) is 22.9. The minimum absolute atomic E-state index is 0.00834. The first kappa shape index (κ1) is 25.9. The molecule has 10 heteroatoms. The van der Waals surface area contributed by atoms with E-state index in [2.05, 4.69) is 14.9 Å². The Morgan fingerprint density at radius 1 is 0.816 bits per heavy atom. The molecule has 0 radical (unpaired) electrons. The molecule has 4 aromatic rings. The van der Waals surface area contributed by atoms with Crippen LogP contribution in [-0.4, -0.2) is 56.0 Å². The van der Waals surface area contributed by atoms with Crippen molar-refractivity contribution < 1.29 is 22.1 Å². The zero-order chi connectivity index (χ0) is 26.4. The number of hydrogen-bond donors (Lipinski definition) is 0. The number of hydrogen-bond acceptors (Lipinski definition) is 8. The summed E-state index contributed by atoms with van der Waals surface area (Å²) < 4.78 is 44.2. The number of nitrogens with zero attached hydrogens (tertiary/aromatic N) is 4. The van der Waals surface area contributed by atoms with E-state index in [1.165, 1.54) is 10.6 Å². The quantitative estimate of drug-likeness (QED) is 0.316. The molecule has 3 aromatic carbocycles. The van der Waals surface area contributed by atoms with E-state index >= 15 is 0 Å². The lowest BCUT2D eigenvalue weighted by atomic mass is 10.2. The van der Waals surface area contributed by atoms with E-state index in [9.17, 15) is 8.42 Å². The molecule has 0 amide bonds. The van der Waals surface area contributed by atoms with Crippen LogP contribution in [0, 0.1) is 0 Å². The van der Waals surface area contributed by atoms with Gasteiger partial charge in [0, 0.05) is 37.6 Å². The second kappa shape index (κ2) is 11.8. The number of methoxy groups -OCH3 is 1. The fourth-order valence-corrected chi connectivity index (χ4v) is 5.52. The Morgan fingerprint density at radius 2 is 1.53 bits per heavy atom. The van der Waals surface area contributed by atoms with Gasteiger partial charge in [-0.1, -0.05) is 60.7 Å². The van der Waals surface area contributed by atoms with Gasteiger partial charge in [-0.05, 0) is 23.6 Å². The van der Waals surface area contributed by atoms with Crippen molar-refractivity contribution in [2.45, 2.75) is 19.6 Å². The van der Waals surface area contributed by atoms with Crippen molar-refractivity contribution in [2.75, 3.05) is 38.2 Å². The van der Waals surface area contributed by atoms with Crippen molar-refractivity contribution in [3.05, 3.63) is 90.3 Å². The fraction of sp³-hybridized carbons (Fsp3) is 0.286. The number of fused-ring (bicyclic) bond motifs is 1. The molecule has 0 atom stereocenters. The SMILES string of the molecule is COc1cc2c(N3CCCN(S(=O)(=O)OCc4ccccc4)CC3)ncnc2cc1OCc1ccccc1. The molecule has 2 heterocycles. The number of anilines is 1. The van der Waals surface area contributed by atoms with Gasteiger partial charge in [0.1, 0.15) is 18.8 Å². The lowest BCUT2D eigenvalue weighted by Crippen LogP contribution is -2.36. The van der Waals surface area contributed by atoms with Gasteiger partial charge in [-0.25, -0.2) is 9.97 Å². The fourth-order valence-electron chi connectivity index (χ4n) is 4.43. The molecule has 38 heavy (non-hydrogen) atoms. The number of ether oxygens (including phenoxy) is 2. The summed E-state index contributed by atoms with van der Waals surface area (Å²) in [6.45, 7) is 2.19. The van der Waals surface area contributed by atoms with Crippen LogP contribution < -0.4 is 14.4 Å². The van der Waals surface area contributed by atoms with Crippen molar-refractivity contribution in [3.8, 4) is 11.5 Å². The van der Waals surface area contributed by atoms with Crippen LogP contribution in [0.4, 0.5) is 5.82 Å². The largest absolute Gasteiger partial charge is 0.493 e. The highest BCUT2D eigenvalue weighted by atomic mass is 32.2. The molecule has 0 spiro atoms. The number of aromatic nitrogens is 2. The van der Waals surface area contributed by atoms with Crippen LogP contribution in [0.25, 0.3) is 10.9 Å². The molecule has 1 fully saturated rings. The van der Waals surface area contributed by atoms with E-state index in [1.807, 2.05) is 72.8 Å². The van der Waals surface area contributed by atoms with Gasteiger partial charge in [-0.15, -0.1) is 0 Å². The Labute approximate surface area is 222 Å². The molecule has 1 aliphatic rings. The first-order valence-electron chi connectivity index (χ1n) is 12.5. The number of benzene rings is 3. The molecule has 1 saturated heterocycles. The van der Waals surface area contributed by atoms with Crippen molar-refractivity contribution in [1.82, 2.24) is 14.3 Å². The smallest absolute Gasteiger partial charge is 0.338 e. The van der Waals surface area contributed by atoms with Crippen LogP contribution in [0.2, 0.25) is 0 Å². The predicted octanol–water partition coefficient (Wildman–Crippen LogP) is 4.19. The summed E-state index contributed by atoms with van der Waals surface area (Å²) in [5, 5.41) is 0.813. The molecule has 1 aromatic heterocycles. The van der Waals surface area contributed by atoms with Gasteiger partial charge in [-0.3, -0.25) is 4.18 Å². The highest BCUT2D eigenvalue weighted by molar-refractivity contribution is 7.84. The summed E-state index contributed by atoms with van der Waals surface area (Å²) in [4.78, 5) is 11.1. The Kier molecular flexibility index (Phi) is 8.02. The summed E-state index contributed by atoms with van der Waals surface area (Å²) in [5.74, 6) is 1.90. The van der Waals surface area contributed by atoms with Crippen LogP contribution in [0.15, 0.2) is 79.1 Å². The van der Waals surface area contributed by atoms with Crippen molar-refractivity contribution >= 4 is 27.0 Å². The average molecular weight is 535 g/mol. The summed E-state index contributed by atoms with van der Waals surface area (Å²) in [6.07, 6.45) is 2.16. The summed E-state index contributed by atoms with van der Waals surface area (Å²) >= 11 is 0. The Morgan fingerprint density at radius 3 is 2.24 bits per heavy atom. The van der Waals surface area contributed by atoms with Crippen molar-refractivity contribution in [2.24, 2.45) is 0 Å². The van der Waals surface area contributed by atoms with E-state index in [0.29, 0.717) is 44.2 Å². The Hall–Kier alpha value is -3.73. The highest BCUT2D eigenvalue weighted by Crippen LogP contribution is 2.35. The molecule has 0 aliphatic carbocycles. The van der Waals surface area contributed by atoms with E-state index < -0.39 is 10.3 Å². The summed E-state index contributed by atoms with van der Waals surface area (Å²) in [7, 11) is -2.26. The highest BCUT2D eigenvalue weighted by Gasteiger charge is 2.27. The molecule has 1 aliphatic heterocycles. The van der Waals surface area contributed by atoms with Gasteiger partial charge in [-0.2, -0.15) is 12.7 Å². The average Bonchev–Trinajstić information content (AvgIpc) is 3.22. The second-order valence-electron chi connectivity index (χ2n) is 8.94. The van der Waals surface area contributed by atoms with Gasteiger partial charge in [0.15, 0.2) is 11.5 Å². The minimum Gasteiger partial charge on any atom is -0.493 e. The zero-order valence-electron chi connectivity index (χ0n) is 21.2. The Balaban J connectivity index is 1.31. The topological polar surface area (TPSA) is 94.1 Å². The third-order valence-corrected chi connectivity index (χ3v) is 7.84. The standard InChI is InChI=1S/C28H30N4O5S/c1-35-26-17-24-25(18-27(26)36-19-22-9-4-2-5-10-22)29-21-30-28(24)31-13-8-14-32(16-15-31)38(33,34)37-20-23-11-6-3-7-12-23/h2-7,9-12,17-18,21H,8,13-16,19-20H2,1H3. The third-order valence-electron chi connectivity index (χ3n) is 6.42. The Bertz CT molecular complexity index is 1470. The maximum atomic E-state index is 12.9. The molecule has 0 bridgehead atoms. The molecule has 0 N–H and O–H groups in total. The zero-order valence-corrected chi connectivity index (χ0v) is 22.0. The number of rotatable bonds is 9. The molecule has 5 rings (SSSR count). The van der Waals surface area contributed by atoms with E-state index in [-0.39, 0.29) is 13.2 Å². The van der Waals surface area contributed by atoms with Crippen LogP contribution >= 0.6 is 0 Å². The second-order valence-corrected chi connectivity index (χ2v) is 10.5. The molecular formula is C28H30N4O5S. The van der Waals surface area contributed by atoms with Gasteiger partial charge < -0.3 is 14.4 Å². The lowest BCUT2D eigenvalue weighted by molar-refractivity contribution is 0.261.